The van der Waals surface area contributed by atoms with Crippen molar-refractivity contribution in [1.29, 1.82) is 0 Å². The number of hydrogen-bond donors (Lipinski definition) is 0. The second kappa shape index (κ2) is 4.29. The molecule has 108 valence electrons. The second-order valence-corrected chi connectivity index (χ2v) is 7.68. The number of hydrogen-bond acceptors (Lipinski definition) is 2. The van der Waals surface area contributed by atoms with E-state index in [-0.39, 0.29) is 5.41 Å². The van der Waals surface area contributed by atoms with Crippen LogP contribution in [0.1, 0.15) is 64.7 Å². The minimum atomic E-state index is -0.0102. The number of Topliss-reactive ketones (excluding diaryl/α,β-unsaturated/α-hetero) is 2. The van der Waals surface area contributed by atoms with Crippen molar-refractivity contribution in [2.45, 2.75) is 64.7 Å². The van der Waals surface area contributed by atoms with E-state index in [9.17, 15) is 9.59 Å². The molecule has 4 rings (SSSR count). The summed E-state index contributed by atoms with van der Waals surface area (Å²) in [5, 5.41) is 0. The summed E-state index contributed by atoms with van der Waals surface area (Å²) in [6, 6.07) is 0. The first kappa shape index (κ1) is 12.8. The van der Waals surface area contributed by atoms with Crippen LogP contribution in [0.4, 0.5) is 0 Å². The van der Waals surface area contributed by atoms with Crippen molar-refractivity contribution >= 4 is 11.6 Å². The van der Waals surface area contributed by atoms with E-state index >= 15 is 0 Å². The van der Waals surface area contributed by atoms with Crippen LogP contribution in [0.2, 0.25) is 0 Å². The minimum Gasteiger partial charge on any atom is -0.299 e. The molecule has 0 bridgehead atoms. The SMILES string of the molecule is C[C@]12CC[C@@H]3C4=C(CC[C@@H]3[C@@H]1CCC2=O)CC(=O)CC4. The smallest absolute Gasteiger partial charge is 0.139 e. The van der Waals surface area contributed by atoms with E-state index in [0.29, 0.717) is 23.4 Å². The van der Waals surface area contributed by atoms with Gasteiger partial charge in [0.25, 0.3) is 0 Å². The summed E-state index contributed by atoms with van der Waals surface area (Å²) in [5.74, 6) is 3.03. The van der Waals surface area contributed by atoms with Gasteiger partial charge in [-0.3, -0.25) is 9.59 Å². The number of ketones is 2. The molecule has 0 aromatic carbocycles. The zero-order chi connectivity index (χ0) is 13.9. The Labute approximate surface area is 121 Å². The summed E-state index contributed by atoms with van der Waals surface area (Å²) in [6.45, 7) is 2.23. The van der Waals surface area contributed by atoms with Crippen molar-refractivity contribution in [1.82, 2.24) is 0 Å². The molecule has 0 saturated heterocycles. The predicted molar refractivity (Wildman–Crippen MR) is 77.2 cm³/mol. The average Bonchev–Trinajstić information content (AvgIpc) is 2.74. The lowest BCUT2D eigenvalue weighted by Crippen LogP contribution is -2.44. The van der Waals surface area contributed by atoms with E-state index in [0.717, 1.165) is 50.9 Å². The third-order valence-electron chi connectivity index (χ3n) is 6.91. The van der Waals surface area contributed by atoms with Crippen molar-refractivity contribution in [3.05, 3.63) is 11.1 Å². The van der Waals surface area contributed by atoms with Crippen LogP contribution in [0.5, 0.6) is 0 Å². The second-order valence-electron chi connectivity index (χ2n) is 7.68. The summed E-state index contributed by atoms with van der Waals surface area (Å²) < 4.78 is 0. The molecule has 0 heterocycles. The van der Waals surface area contributed by atoms with Crippen molar-refractivity contribution in [2.24, 2.45) is 23.2 Å². The Morgan fingerprint density at radius 2 is 1.85 bits per heavy atom. The number of carbonyl (C=O) groups is 2. The van der Waals surface area contributed by atoms with Gasteiger partial charge in [0.1, 0.15) is 11.6 Å². The van der Waals surface area contributed by atoms with Gasteiger partial charge in [0.05, 0.1) is 0 Å². The van der Waals surface area contributed by atoms with Gasteiger partial charge in [-0.2, -0.15) is 0 Å². The highest BCUT2D eigenvalue weighted by Gasteiger charge is 2.54. The van der Waals surface area contributed by atoms with Crippen molar-refractivity contribution in [3.63, 3.8) is 0 Å². The fourth-order valence-electron chi connectivity index (χ4n) is 5.82. The molecule has 0 aromatic rings. The maximum Gasteiger partial charge on any atom is 0.139 e. The molecule has 2 heteroatoms. The van der Waals surface area contributed by atoms with E-state index in [1.807, 2.05) is 0 Å². The Kier molecular flexibility index (Phi) is 2.74. The van der Waals surface area contributed by atoms with E-state index in [1.165, 1.54) is 18.4 Å². The highest BCUT2D eigenvalue weighted by atomic mass is 16.1. The number of carbonyl (C=O) groups excluding carboxylic acids is 2. The number of allylic oxidation sites excluding steroid dienone is 2. The Bertz CT molecular complexity index is 516. The highest BCUT2D eigenvalue weighted by molar-refractivity contribution is 5.87. The Hall–Kier alpha value is -0.920. The average molecular weight is 272 g/mol. The summed E-state index contributed by atoms with van der Waals surface area (Å²) in [5.41, 5.74) is 3.11. The van der Waals surface area contributed by atoms with Gasteiger partial charge in [0.15, 0.2) is 0 Å². The third-order valence-corrected chi connectivity index (χ3v) is 6.91. The van der Waals surface area contributed by atoms with Gasteiger partial charge in [-0.1, -0.05) is 18.1 Å². The van der Waals surface area contributed by atoms with E-state index in [4.69, 9.17) is 0 Å². The van der Waals surface area contributed by atoms with Crippen LogP contribution in [0.25, 0.3) is 0 Å². The first-order chi connectivity index (χ1) is 9.59. The minimum absolute atomic E-state index is 0.0102. The lowest BCUT2D eigenvalue weighted by atomic mass is 9.54. The van der Waals surface area contributed by atoms with Crippen LogP contribution in [0.15, 0.2) is 11.1 Å². The third kappa shape index (κ3) is 1.63. The molecule has 0 unspecified atom stereocenters. The molecule has 4 aliphatic carbocycles. The van der Waals surface area contributed by atoms with Gasteiger partial charge >= 0.3 is 0 Å². The van der Waals surface area contributed by atoms with Crippen molar-refractivity contribution in [2.75, 3.05) is 0 Å². The first-order valence-corrected chi connectivity index (χ1v) is 8.35. The normalized spacial score (nSPS) is 44.1. The van der Waals surface area contributed by atoms with Gasteiger partial charge in [0, 0.05) is 24.7 Å². The van der Waals surface area contributed by atoms with Crippen LogP contribution in [0, 0.1) is 23.2 Å². The molecular weight excluding hydrogens is 248 g/mol. The molecule has 4 atom stereocenters. The molecule has 0 spiro atoms. The summed E-state index contributed by atoms with van der Waals surface area (Å²) in [4.78, 5) is 23.9. The molecular formula is C18H24O2. The molecule has 20 heavy (non-hydrogen) atoms. The van der Waals surface area contributed by atoms with Gasteiger partial charge in [-0.25, -0.2) is 0 Å². The van der Waals surface area contributed by atoms with Crippen LogP contribution in [0.3, 0.4) is 0 Å². The largest absolute Gasteiger partial charge is 0.299 e. The van der Waals surface area contributed by atoms with Crippen LogP contribution < -0.4 is 0 Å². The lowest BCUT2D eigenvalue weighted by molar-refractivity contribution is -0.129. The molecule has 0 N–H and O–H groups in total. The fraction of sp³-hybridized carbons (Fsp3) is 0.778. The number of rotatable bonds is 0. The van der Waals surface area contributed by atoms with E-state index < -0.39 is 0 Å². The fourth-order valence-corrected chi connectivity index (χ4v) is 5.82. The first-order valence-electron chi connectivity index (χ1n) is 8.35. The van der Waals surface area contributed by atoms with Crippen molar-refractivity contribution in [3.8, 4) is 0 Å². The number of fused-ring (bicyclic) bond motifs is 4. The quantitative estimate of drug-likeness (QED) is 0.628. The molecule has 2 nitrogen and oxygen atoms in total. The van der Waals surface area contributed by atoms with Gasteiger partial charge in [-0.05, 0) is 56.3 Å². The Balaban J connectivity index is 1.67. The highest BCUT2D eigenvalue weighted by Crippen LogP contribution is 2.59. The van der Waals surface area contributed by atoms with Crippen LogP contribution in [-0.4, -0.2) is 11.6 Å². The maximum atomic E-state index is 12.3. The molecule has 0 aromatic heterocycles. The summed E-state index contributed by atoms with van der Waals surface area (Å²) >= 11 is 0. The lowest BCUT2D eigenvalue weighted by Gasteiger charge is -2.49. The Morgan fingerprint density at radius 3 is 2.70 bits per heavy atom. The maximum absolute atomic E-state index is 12.3. The molecule has 0 radical (unpaired) electrons. The van der Waals surface area contributed by atoms with E-state index in [1.54, 1.807) is 5.57 Å². The molecule has 2 saturated carbocycles. The predicted octanol–water partition coefficient (Wildman–Crippen LogP) is 3.84. The molecule has 4 aliphatic rings. The van der Waals surface area contributed by atoms with Crippen LogP contribution >= 0.6 is 0 Å². The summed E-state index contributed by atoms with van der Waals surface area (Å²) in [6.07, 6.45) is 9.09. The van der Waals surface area contributed by atoms with Crippen LogP contribution in [-0.2, 0) is 9.59 Å². The van der Waals surface area contributed by atoms with Gasteiger partial charge in [-0.15, -0.1) is 0 Å². The zero-order valence-corrected chi connectivity index (χ0v) is 12.4. The van der Waals surface area contributed by atoms with Gasteiger partial charge < -0.3 is 0 Å². The molecule has 0 amide bonds. The monoisotopic (exact) mass is 272 g/mol. The topological polar surface area (TPSA) is 34.1 Å². The molecule has 2 fully saturated rings. The molecule has 0 aliphatic heterocycles. The Morgan fingerprint density at radius 1 is 1.00 bits per heavy atom. The standard InChI is InChI=1S/C18H24O2/c1-18-9-8-14-13-5-3-12(19)10-11(13)2-4-15(14)16(18)6-7-17(18)20/h14-16H,2-10H2,1H3/t14-,15+,16+,18+/m1/s1. The zero-order valence-electron chi connectivity index (χ0n) is 12.4. The van der Waals surface area contributed by atoms with E-state index in [2.05, 4.69) is 6.92 Å². The summed E-state index contributed by atoms with van der Waals surface area (Å²) in [7, 11) is 0. The van der Waals surface area contributed by atoms with Gasteiger partial charge in [0.2, 0.25) is 0 Å². The van der Waals surface area contributed by atoms with Crippen molar-refractivity contribution < 1.29 is 9.59 Å².